The second-order valence-electron chi connectivity index (χ2n) is 4.48. The van der Waals surface area contributed by atoms with Gasteiger partial charge in [0.1, 0.15) is 11.3 Å². The molecule has 0 saturated carbocycles. The second kappa shape index (κ2) is 4.99. The fraction of sp³-hybridized carbons (Fsp3) is 0.250. The Balaban J connectivity index is 2.18. The lowest BCUT2D eigenvalue weighted by Gasteiger charge is -1.99. The van der Waals surface area contributed by atoms with Gasteiger partial charge in [-0.05, 0) is 23.9 Å². The van der Waals surface area contributed by atoms with Crippen LogP contribution >= 0.6 is 11.3 Å². The molecule has 0 bridgehead atoms. The molecular formula is C16H16OS. The highest BCUT2D eigenvalue weighted by Gasteiger charge is 2.15. The molecule has 0 aliphatic carbocycles. The molecule has 1 nitrogen and oxygen atoms in total. The van der Waals surface area contributed by atoms with Gasteiger partial charge in [0.05, 0.1) is 0 Å². The first-order chi connectivity index (χ1) is 8.90. The van der Waals surface area contributed by atoms with E-state index in [2.05, 4.69) is 42.6 Å². The molecule has 0 aliphatic heterocycles. The zero-order valence-electron chi connectivity index (χ0n) is 10.5. The molecule has 2 heteroatoms. The van der Waals surface area contributed by atoms with Crippen LogP contribution < -0.4 is 0 Å². The molecule has 1 aromatic carbocycles. The first-order valence-electron chi connectivity index (χ1n) is 6.44. The van der Waals surface area contributed by atoms with Crippen molar-refractivity contribution in [1.82, 2.24) is 0 Å². The van der Waals surface area contributed by atoms with Crippen LogP contribution in [0.25, 0.3) is 21.4 Å². The standard InChI is InChI=1S/C16H16OS/c1-2-3-8-14-16(15-10-6-11-18-15)12-7-4-5-9-13(12)17-14/h4-7,9-11H,2-3,8H2,1H3. The first kappa shape index (κ1) is 11.5. The molecule has 0 atom stereocenters. The fourth-order valence-corrected chi connectivity index (χ4v) is 3.10. The van der Waals surface area contributed by atoms with Crippen LogP contribution in [0, 0.1) is 0 Å². The Hall–Kier alpha value is -1.54. The SMILES string of the molecule is CCCCc1oc2ccccc2c1-c1cccs1. The normalized spacial score (nSPS) is 11.2. The van der Waals surface area contributed by atoms with Crippen LogP contribution in [-0.2, 0) is 6.42 Å². The number of fused-ring (bicyclic) bond motifs is 1. The number of benzene rings is 1. The summed E-state index contributed by atoms with van der Waals surface area (Å²) < 4.78 is 6.03. The molecule has 18 heavy (non-hydrogen) atoms. The van der Waals surface area contributed by atoms with E-state index in [4.69, 9.17) is 4.42 Å². The Bertz CT molecular complexity index is 634. The molecule has 0 radical (unpaired) electrons. The van der Waals surface area contributed by atoms with Gasteiger partial charge in [-0.2, -0.15) is 0 Å². The summed E-state index contributed by atoms with van der Waals surface area (Å²) in [5, 5.41) is 3.37. The van der Waals surface area contributed by atoms with Gasteiger partial charge in [0.2, 0.25) is 0 Å². The van der Waals surface area contributed by atoms with E-state index in [1.807, 2.05) is 6.07 Å². The third-order valence-electron chi connectivity index (χ3n) is 3.19. The monoisotopic (exact) mass is 256 g/mol. The second-order valence-corrected chi connectivity index (χ2v) is 5.42. The summed E-state index contributed by atoms with van der Waals surface area (Å²) in [6.45, 7) is 2.22. The number of hydrogen-bond acceptors (Lipinski definition) is 2. The van der Waals surface area contributed by atoms with Crippen molar-refractivity contribution in [3.63, 3.8) is 0 Å². The molecule has 0 unspecified atom stereocenters. The van der Waals surface area contributed by atoms with Gasteiger partial charge in [-0.25, -0.2) is 0 Å². The van der Waals surface area contributed by atoms with Crippen LogP contribution in [0.3, 0.4) is 0 Å². The van der Waals surface area contributed by atoms with E-state index in [0.717, 1.165) is 17.8 Å². The number of thiophene rings is 1. The van der Waals surface area contributed by atoms with Crippen LogP contribution in [0.1, 0.15) is 25.5 Å². The summed E-state index contributed by atoms with van der Waals surface area (Å²) in [5.41, 5.74) is 2.31. The van der Waals surface area contributed by atoms with Gasteiger partial charge in [-0.1, -0.05) is 37.6 Å². The lowest BCUT2D eigenvalue weighted by atomic mass is 10.1. The number of hydrogen-bond donors (Lipinski definition) is 0. The van der Waals surface area contributed by atoms with E-state index in [0.29, 0.717) is 0 Å². The summed E-state index contributed by atoms with van der Waals surface area (Å²) in [5.74, 6) is 1.14. The minimum absolute atomic E-state index is 1.01. The van der Waals surface area contributed by atoms with Crippen LogP contribution in [0.5, 0.6) is 0 Å². The smallest absolute Gasteiger partial charge is 0.134 e. The van der Waals surface area contributed by atoms with Crippen molar-refractivity contribution in [2.75, 3.05) is 0 Å². The molecule has 0 fully saturated rings. The van der Waals surface area contributed by atoms with E-state index >= 15 is 0 Å². The van der Waals surface area contributed by atoms with Gasteiger partial charge in [-0.15, -0.1) is 11.3 Å². The van der Waals surface area contributed by atoms with E-state index in [1.54, 1.807) is 11.3 Å². The lowest BCUT2D eigenvalue weighted by Crippen LogP contribution is -1.84. The van der Waals surface area contributed by atoms with Crippen molar-refractivity contribution in [2.45, 2.75) is 26.2 Å². The third kappa shape index (κ3) is 1.97. The molecule has 3 aromatic rings. The zero-order chi connectivity index (χ0) is 12.4. The Morgan fingerprint density at radius 1 is 1.11 bits per heavy atom. The van der Waals surface area contributed by atoms with Gasteiger partial charge in [0.25, 0.3) is 0 Å². The summed E-state index contributed by atoms with van der Waals surface area (Å²) in [6, 6.07) is 12.6. The predicted molar refractivity (Wildman–Crippen MR) is 78.1 cm³/mol. The zero-order valence-corrected chi connectivity index (χ0v) is 11.3. The number of furan rings is 1. The van der Waals surface area contributed by atoms with Crippen LogP contribution in [0.2, 0.25) is 0 Å². The highest BCUT2D eigenvalue weighted by atomic mass is 32.1. The third-order valence-corrected chi connectivity index (χ3v) is 4.08. The summed E-state index contributed by atoms with van der Waals surface area (Å²) in [4.78, 5) is 1.31. The van der Waals surface area contributed by atoms with Crippen LogP contribution in [-0.4, -0.2) is 0 Å². The Morgan fingerprint density at radius 2 is 2.00 bits per heavy atom. The molecular weight excluding hydrogens is 240 g/mol. The molecule has 2 aromatic heterocycles. The minimum atomic E-state index is 1.01. The number of para-hydroxylation sites is 1. The molecule has 92 valence electrons. The molecule has 2 heterocycles. The number of aryl methyl sites for hydroxylation is 1. The molecule has 0 amide bonds. The maximum absolute atomic E-state index is 6.03. The molecule has 0 saturated heterocycles. The highest BCUT2D eigenvalue weighted by Crippen LogP contribution is 2.37. The van der Waals surface area contributed by atoms with E-state index in [1.165, 1.54) is 28.7 Å². The molecule has 3 rings (SSSR count). The summed E-state index contributed by atoms with van der Waals surface area (Å²) in [6.07, 6.45) is 3.40. The van der Waals surface area contributed by atoms with Gasteiger partial charge >= 0.3 is 0 Å². The van der Waals surface area contributed by atoms with Gasteiger partial charge in [0.15, 0.2) is 0 Å². The Kier molecular flexibility index (Phi) is 3.20. The van der Waals surface area contributed by atoms with Gasteiger partial charge in [0, 0.05) is 22.2 Å². The van der Waals surface area contributed by atoms with E-state index in [9.17, 15) is 0 Å². The molecule has 0 aliphatic rings. The number of unbranched alkanes of at least 4 members (excludes halogenated alkanes) is 1. The van der Waals surface area contributed by atoms with Crippen molar-refractivity contribution in [3.05, 3.63) is 47.5 Å². The quantitative estimate of drug-likeness (QED) is 0.600. The average Bonchev–Trinajstić information content (AvgIpc) is 3.02. The van der Waals surface area contributed by atoms with Crippen molar-refractivity contribution in [1.29, 1.82) is 0 Å². The maximum Gasteiger partial charge on any atom is 0.134 e. The summed E-state index contributed by atoms with van der Waals surface area (Å²) in [7, 11) is 0. The van der Waals surface area contributed by atoms with Crippen molar-refractivity contribution in [2.24, 2.45) is 0 Å². The van der Waals surface area contributed by atoms with Crippen molar-refractivity contribution < 1.29 is 4.42 Å². The predicted octanol–water partition coefficient (Wildman–Crippen LogP) is 5.50. The lowest BCUT2D eigenvalue weighted by molar-refractivity contribution is 0.538. The van der Waals surface area contributed by atoms with Crippen LogP contribution in [0.4, 0.5) is 0 Å². The first-order valence-corrected chi connectivity index (χ1v) is 7.32. The van der Waals surface area contributed by atoms with Crippen molar-refractivity contribution >= 4 is 22.3 Å². The van der Waals surface area contributed by atoms with Gasteiger partial charge < -0.3 is 4.42 Å². The van der Waals surface area contributed by atoms with E-state index in [-0.39, 0.29) is 0 Å². The summed E-state index contributed by atoms with van der Waals surface area (Å²) >= 11 is 1.78. The highest BCUT2D eigenvalue weighted by molar-refractivity contribution is 7.13. The maximum atomic E-state index is 6.03. The van der Waals surface area contributed by atoms with Crippen molar-refractivity contribution in [3.8, 4) is 10.4 Å². The molecule has 0 N–H and O–H groups in total. The van der Waals surface area contributed by atoms with E-state index < -0.39 is 0 Å². The average molecular weight is 256 g/mol. The minimum Gasteiger partial charge on any atom is -0.460 e. The largest absolute Gasteiger partial charge is 0.460 e. The Labute approximate surface area is 111 Å². The van der Waals surface area contributed by atoms with Gasteiger partial charge in [-0.3, -0.25) is 0 Å². The number of rotatable bonds is 4. The fourth-order valence-electron chi connectivity index (χ4n) is 2.30. The van der Waals surface area contributed by atoms with Crippen LogP contribution in [0.15, 0.2) is 46.2 Å². The molecule has 0 spiro atoms. The topological polar surface area (TPSA) is 13.1 Å². The Morgan fingerprint density at radius 3 is 2.78 bits per heavy atom.